The van der Waals surface area contributed by atoms with Gasteiger partial charge in [-0.1, -0.05) is 30.3 Å². The van der Waals surface area contributed by atoms with Crippen molar-refractivity contribution >= 4 is 12.1 Å². The van der Waals surface area contributed by atoms with Gasteiger partial charge in [-0.2, -0.15) is 8.78 Å². The number of rotatable bonds is 7. The maximum absolute atomic E-state index is 13.6. The van der Waals surface area contributed by atoms with Gasteiger partial charge in [-0.3, -0.25) is 0 Å². The minimum absolute atomic E-state index is 0.0518. The van der Waals surface area contributed by atoms with Crippen LogP contribution in [0.15, 0.2) is 30.3 Å². The molecule has 1 rings (SSSR count). The van der Waals surface area contributed by atoms with E-state index in [0.717, 1.165) is 6.92 Å². The molecule has 1 aromatic rings. The Labute approximate surface area is 132 Å². The van der Waals surface area contributed by atoms with Crippen LogP contribution in [-0.2, 0) is 20.9 Å². The number of aliphatic hydroxyl groups is 1. The molecule has 8 heteroatoms. The van der Waals surface area contributed by atoms with Gasteiger partial charge in [0.15, 0.2) is 0 Å². The molecule has 6 nitrogen and oxygen atoms in total. The summed E-state index contributed by atoms with van der Waals surface area (Å²) < 4.78 is 36.3. The van der Waals surface area contributed by atoms with Crippen molar-refractivity contribution in [2.45, 2.75) is 38.5 Å². The number of hydrogen-bond acceptors (Lipinski definition) is 5. The minimum atomic E-state index is -4.14. The first kappa shape index (κ1) is 18.8. The zero-order valence-corrected chi connectivity index (χ0v) is 12.8. The van der Waals surface area contributed by atoms with Crippen molar-refractivity contribution < 1.29 is 33.0 Å². The number of aliphatic hydroxyl groups excluding tert-OH is 1. The van der Waals surface area contributed by atoms with Gasteiger partial charge >= 0.3 is 18.0 Å². The highest BCUT2D eigenvalue weighted by Crippen LogP contribution is 2.23. The summed E-state index contributed by atoms with van der Waals surface area (Å²) in [5.41, 5.74) is 0.715. The second kappa shape index (κ2) is 8.42. The number of halogens is 2. The molecule has 2 N–H and O–H groups in total. The first-order valence-electron chi connectivity index (χ1n) is 6.99. The van der Waals surface area contributed by atoms with Gasteiger partial charge in [0.25, 0.3) is 0 Å². The summed E-state index contributed by atoms with van der Waals surface area (Å²) in [6.07, 6.45) is -3.43. The average Bonchev–Trinajstić information content (AvgIpc) is 2.53. The summed E-state index contributed by atoms with van der Waals surface area (Å²) in [5, 5.41) is 11.6. The summed E-state index contributed by atoms with van der Waals surface area (Å²) >= 11 is 0. The zero-order chi connectivity index (χ0) is 17.5. The van der Waals surface area contributed by atoms with Crippen molar-refractivity contribution in [3.8, 4) is 0 Å². The molecule has 0 bridgehead atoms. The predicted octanol–water partition coefficient (Wildman–Crippen LogP) is 1.86. The van der Waals surface area contributed by atoms with Crippen LogP contribution in [0.3, 0.4) is 0 Å². The van der Waals surface area contributed by atoms with E-state index in [2.05, 4.69) is 10.1 Å². The minimum Gasteiger partial charge on any atom is -0.461 e. The number of carbonyl (C=O) groups excluding carboxylic acids is 2. The number of alkyl halides is 2. The van der Waals surface area contributed by atoms with E-state index in [9.17, 15) is 23.5 Å². The third-order valence-electron chi connectivity index (χ3n) is 2.95. The number of ether oxygens (including phenoxy) is 2. The molecular formula is C15H19F2NO5. The molecule has 0 aliphatic rings. The van der Waals surface area contributed by atoms with E-state index < -0.39 is 30.1 Å². The Hall–Kier alpha value is -2.22. The van der Waals surface area contributed by atoms with Crippen LogP contribution in [0.1, 0.15) is 19.4 Å². The smallest absolute Gasteiger partial charge is 0.407 e. The van der Waals surface area contributed by atoms with Gasteiger partial charge < -0.3 is 19.9 Å². The van der Waals surface area contributed by atoms with Crippen molar-refractivity contribution in [2.24, 2.45) is 0 Å². The Morgan fingerprint density at radius 2 is 1.87 bits per heavy atom. The molecule has 1 aromatic carbocycles. The average molecular weight is 331 g/mol. The maximum Gasteiger partial charge on any atom is 0.407 e. The van der Waals surface area contributed by atoms with Crippen LogP contribution in [0.5, 0.6) is 0 Å². The molecule has 0 aliphatic heterocycles. The highest BCUT2D eigenvalue weighted by molar-refractivity contribution is 5.78. The van der Waals surface area contributed by atoms with E-state index in [0.29, 0.717) is 5.56 Å². The lowest BCUT2D eigenvalue weighted by atomic mass is 10.1. The third-order valence-corrected chi connectivity index (χ3v) is 2.95. The van der Waals surface area contributed by atoms with E-state index in [4.69, 9.17) is 4.74 Å². The topological polar surface area (TPSA) is 84.9 Å². The number of esters is 1. The summed E-state index contributed by atoms with van der Waals surface area (Å²) in [6, 6.07) is 7.32. The fraction of sp³-hybridized carbons (Fsp3) is 0.467. The fourth-order valence-electron chi connectivity index (χ4n) is 1.69. The first-order valence-corrected chi connectivity index (χ1v) is 6.99. The normalized spacial score (nSPS) is 13.8. The van der Waals surface area contributed by atoms with Crippen LogP contribution in [0.4, 0.5) is 13.6 Å². The monoisotopic (exact) mass is 331 g/mol. The van der Waals surface area contributed by atoms with Crippen molar-refractivity contribution in [1.82, 2.24) is 5.32 Å². The van der Waals surface area contributed by atoms with E-state index in [1.165, 1.54) is 6.92 Å². The molecule has 0 saturated carbocycles. The molecule has 2 atom stereocenters. The van der Waals surface area contributed by atoms with Crippen LogP contribution >= 0.6 is 0 Å². The molecule has 23 heavy (non-hydrogen) atoms. The number of nitrogens with one attached hydrogen (secondary N) is 1. The maximum atomic E-state index is 13.6. The van der Waals surface area contributed by atoms with E-state index >= 15 is 0 Å². The summed E-state index contributed by atoms with van der Waals surface area (Å²) in [5.74, 6) is -5.99. The Morgan fingerprint density at radius 1 is 1.26 bits per heavy atom. The number of hydrogen-bond donors (Lipinski definition) is 2. The molecule has 0 spiro atoms. The zero-order valence-electron chi connectivity index (χ0n) is 12.8. The summed E-state index contributed by atoms with van der Waals surface area (Å²) in [7, 11) is 0. The van der Waals surface area contributed by atoms with Crippen LogP contribution in [0.25, 0.3) is 0 Å². The third kappa shape index (κ3) is 5.48. The number of carbonyl (C=O) groups is 2. The SMILES string of the molecule is CCOC(=O)C(F)(F)C(O)C(C)NC(=O)OCc1ccccc1. The lowest BCUT2D eigenvalue weighted by Crippen LogP contribution is -2.54. The van der Waals surface area contributed by atoms with Gasteiger partial charge in [0, 0.05) is 0 Å². The van der Waals surface area contributed by atoms with Gasteiger partial charge in [-0.15, -0.1) is 0 Å². The molecule has 0 saturated heterocycles. The van der Waals surface area contributed by atoms with Gasteiger partial charge in [0.2, 0.25) is 0 Å². The lowest BCUT2D eigenvalue weighted by molar-refractivity contribution is -0.190. The fourth-order valence-corrected chi connectivity index (χ4v) is 1.69. The second-order valence-corrected chi connectivity index (χ2v) is 4.78. The van der Waals surface area contributed by atoms with Crippen LogP contribution < -0.4 is 5.32 Å². The van der Waals surface area contributed by atoms with Crippen LogP contribution in [-0.4, -0.2) is 41.8 Å². The van der Waals surface area contributed by atoms with E-state index in [-0.39, 0.29) is 13.2 Å². The Morgan fingerprint density at radius 3 is 2.43 bits per heavy atom. The largest absolute Gasteiger partial charge is 0.461 e. The van der Waals surface area contributed by atoms with Gasteiger partial charge in [0.1, 0.15) is 12.7 Å². The molecule has 128 valence electrons. The van der Waals surface area contributed by atoms with Crippen LogP contribution in [0, 0.1) is 0 Å². The van der Waals surface area contributed by atoms with Crippen molar-refractivity contribution in [2.75, 3.05) is 6.61 Å². The number of alkyl carbamates (subject to hydrolysis) is 1. The summed E-state index contributed by atoms with van der Waals surface area (Å²) in [6.45, 7) is 2.19. The summed E-state index contributed by atoms with van der Waals surface area (Å²) in [4.78, 5) is 22.7. The van der Waals surface area contributed by atoms with E-state index in [1.807, 2.05) is 0 Å². The molecule has 0 heterocycles. The standard InChI is InChI=1S/C15H19F2NO5/c1-3-22-13(20)15(16,17)12(19)10(2)18-14(21)23-9-11-7-5-4-6-8-11/h4-8,10,12,19H,3,9H2,1-2H3,(H,18,21). The number of amides is 1. The Kier molecular flexibility index (Phi) is 6.89. The van der Waals surface area contributed by atoms with Crippen molar-refractivity contribution in [3.63, 3.8) is 0 Å². The molecule has 0 radical (unpaired) electrons. The molecule has 0 fully saturated rings. The van der Waals surface area contributed by atoms with Gasteiger partial charge in [-0.05, 0) is 19.4 Å². The number of benzene rings is 1. The molecule has 2 unspecified atom stereocenters. The Balaban J connectivity index is 2.52. The van der Waals surface area contributed by atoms with Crippen molar-refractivity contribution in [1.29, 1.82) is 0 Å². The van der Waals surface area contributed by atoms with Crippen molar-refractivity contribution in [3.05, 3.63) is 35.9 Å². The molecule has 0 aromatic heterocycles. The Bertz CT molecular complexity index is 524. The highest BCUT2D eigenvalue weighted by Gasteiger charge is 2.50. The molecule has 0 aliphatic carbocycles. The predicted molar refractivity (Wildman–Crippen MR) is 76.8 cm³/mol. The quantitative estimate of drug-likeness (QED) is 0.745. The second-order valence-electron chi connectivity index (χ2n) is 4.78. The highest BCUT2D eigenvalue weighted by atomic mass is 19.3. The molecular weight excluding hydrogens is 312 g/mol. The van der Waals surface area contributed by atoms with Gasteiger partial charge in [-0.25, -0.2) is 9.59 Å². The molecule has 1 amide bonds. The first-order chi connectivity index (χ1) is 10.8. The van der Waals surface area contributed by atoms with Gasteiger partial charge in [0.05, 0.1) is 12.6 Å². The lowest BCUT2D eigenvalue weighted by Gasteiger charge is -2.26. The van der Waals surface area contributed by atoms with Crippen LogP contribution in [0.2, 0.25) is 0 Å². The van der Waals surface area contributed by atoms with E-state index in [1.54, 1.807) is 30.3 Å².